The molecule has 1 aliphatic rings. The Kier molecular flexibility index (Phi) is 3.33. The van der Waals surface area contributed by atoms with Crippen molar-refractivity contribution in [3.05, 3.63) is 58.1 Å². The van der Waals surface area contributed by atoms with Crippen molar-refractivity contribution in [2.24, 2.45) is 4.99 Å². The van der Waals surface area contributed by atoms with Crippen LogP contribution in [0.5, 0.6) is 0 Å². The van der Waals surface area contributed by atoms with E-state index in [0.717, 1.165) is 30.7 Å². The zero-order chi connectivity index (χ0) is 12.2. The maximum absolute atomic E-state index is 4.67. The van der Waals surface area contributed by atoms with E-state index in [1.54, 1.807) is 17.5 Å². The number of rotatable bonds is 2. The number of aliphatic imine (C=N–C) groups is 1. The standard InChI is InChI=1S/C15H14N2S/c1-5-13(11-16-7-1)15-12(4-2-8-17-15)10-14-6-3-9-18-14/h1,3,5-7,9-11H,2,4,8H2/b12-10+. The van der Waals surface area contributed by atoms with Gasteiger partial charge in [0.05, 0.1) is 5.71 Å². The molecule has 0 atom stereocenters. The second-order valence-electron chi connectivity index (χ2n) is 4.26. The van der Waals surface area contributed by atoms with Crippen molar-refractivity contribution in [1.29, 1.82) is 0 Å². The highest BCUT2D eigenvalue weighted by Gasteiger charge is 2.14. The quantitative estimate of drug-likeness (QED) is 0.800. The lowest BCUT2D eigenvalue weighted by Crippen LogP contribution is -2.11. The predicted molar refractivity (Wildman–Crippen MR) is 77.2 cm³/mol. The van der Waals surface area contributed by atoms with Crippen LogP contribution in [-0.4, -0.2) is 17.2 Å². The van der Waals surface area contributed by atoms with E-state index in [9.17, 15) is 0 Å². The number of aromatic nitrogens is 1. The van der Waals surface area contributed by atoms with Crippen LogP contribution in [0.4, 0.5) is 0 Å². The first-order valence-electron chi connectivity index (χ1n) is 6.13. The molecular weight excluding hydrogens is 240 g/mol. The smallest absolute Gasteiger partial charge is 0.0694 e. The van der Waals surface area contributed by atoms with Crippen molar-refractivity contribution >= 4 is 23.1 Å². The summed E-state index contributed by atoms with van der Waals surface area (Å²) in [7, 11) is 0. The Bertz CT molecular complexity index is 568. The van der Waals surface area contributed by atoms with Gasteiger partial charge in [0.25, 0.3) is 0 Å². The average Bonchev–Trinajstić information content (AvgIpc) is 2.93. The molecule has 0 radical (unpaired) electrons. The summed E-state index contributed by atoms with van der Waals surface area (Å²) in [5.74, 6) is 0. The molecular formula is C15H14N2S. The van der Waals surface area contributed by atoms with Crippen molar-refractivity contribution in [3.8, 4) is 0 Å². The van der Waals surface area contributed by atoms with Gasteiger partial charge in [0.1, 0.15) is 0 Å². The van der Waals surface area contributed by atoms with Crippen LogP contribution in [0.15, 0.2) is 52.6 Å². The molecule has 0 aromatic carbocycles. The fourth-order valence-electron chi connectivity index (χ4n) is 2.15. The molecule has 0 saturated heterocycles. The normalized spacial score (nSPS) is 17.8. The van der Waals surface area contributed by atoms with Gasteiger partial charge in [-0.25, -0.2) is 0 Å². The van der Waals surface area contributed by atoms with Gasteiger partial charge in [0.15, 0.2) is 0 Å². The van der Waals surface area contributed by atoms with Crippen molar-refractivity contribution < 1.29 is 0 Å². The van der Waals surface area contributed by atoms with Gasteiger partial charge in [0, 0.05) is 29.4 Å². The molecule has 0 unspecified atom stereocenters. The van der Waals surface area contributed by atoms with Gasteiger partial charge in [-0.3, -0.25) is 9.98 Å². The Morgan fingerprint density at radius 3 is 3.00 bits per heavy atom. The number of allylic oxidation sites excluding steroid dienone is 1. The van der Waals surface area contributed by atoms with Crippen LogP contribution < -0.4 is 0 Å². The summed E-state index contributed by atoms with van der Waals surface area (Å²) in [6.07, 6.45) is 8.20. The van der Waals surface area contributed by atoms with Gasteiger partial charge in [0.2, 0.25) is 0 Å². The summed E-state index contributed by atoms with van der Waals surface area (Å²) in [6.45, 7) is 0.923. The van der Waals surface area contributed by atoms with Crippen molar-refractivity contribution in [1.82, 2.24) is 4.98 Å². The summed E-state index contributed by atoms with van der Waals surface area (Å²) >= 11 is 1.77. The van der Waals surface area contributed by atoms with Crippen LogP contribution in [0.1, 0.15) is 23.3 Å². The largest absolute Gasteiger partial charge is 0.284 e. The first kappa shape index (κ1) is 11.4. The van der Waals surface area contributed by atoms with Crippen molar-refractivity contribution in [2.45, 2.75) is 12.8 Å². The minimum absolute atomic E-state index is 0.923. The van der Waals surface area contributed by atoms with Gasteiger partial charge in [-0.05, 0) is 48.1 Å². The van der Waals surface area contributed by atoms with Crippen molar-refractivity contribution in [2.75, 3.05) is 6.54 Å². The summed E-state index contributed by atoms with van der Waals surface area (Å²) in [4.78, 5) is 10.2. The molecule has 3 rings (SSSR count). The molecule has 0 saturated carbocycles. The predicted octanol–water partition coefficient (Wildman–Crippen LogP) is 3.81. The third-order valence-corrected chi connectivity index (χ3v) is 3.79. The third-order valence-electron chi connectivity index (χ3n) is 2.97. The lowest BCUT2D eigenvalue weighted by Gasteiger charge is -2.15. The minimum Gasteiger partial charge on any atom is -0.284 e. The van der Waals surface area contributed by atoms with Crippen LogP contribution in [0, 0.1) is 0 Å². The fourth-order valence-corrected chi connectivity index (χ4v) is 2.83. The molecule has 0 bridgehead atoms. The molecule has 2 aromatic heterocycles. The van der Waals surface area contributed by atoms with Crippen molar-refractivity contribution in [3.63, 3.8) is 0 Å². The molecule has 0 aliphatic carbocycles. The summed E-state index contributed by atoms with van der Waals surface area (Å²) < 4.78 is 0. The Morgan fingerprint density at radius 1 is 1.22 bits per heavy atom. The Balaban J connectivity index is 1.99. The van der Waals surface area contributed by atoms with Crippen LogP contribution in [0.3, 0.4) is 0 Å². The summed E-state index contributed by atoms with van der Waals surface area (Å²) in [6, 6.07) is 8.28. The highest BCUT2D eigenvalue weighted by Crippen LogP contribution is 2.23. The van der Waals surface area contributed by atoms with Gasteiger partial charge in [-0.15, -0.1) is 11.3 Å². The van der Waals surface area contributed by atoms with Gasteiger partial charge in [-0.2, -0.15) is 0 Å². The first-order valence-corrected chi connectivity index (χ1v) is 7.01. The molecule has 1 aliphatic heterocycles. The monoisotopic (exact) mass is 254 g/mol. The van der Waals surface area contributed by atoms with E-state index in [-0.39, 0.29) is 0 Å². The Labute approximate surface area is 111 Å². The molecule has 3 heterocycles. The topological polar surface area (TPSA) is 25.2 Å². The molecule has 0 spiro atoms. The fraction of sp³-hybridized carbons (Fsp3) is 0.200. The highest BCUT2D eigenvalue weighted by atomic mass is 32.1. The first-order chi connectivity index (χ1) is 8.93. The van der Waals surface area contributed by atoms with E-state index < -0.39 is 0 Å². The molecule has 3 heteroatoms. The Hall–Kier alpha value is -1.74. The molecule has 90 valence electrons. The number of nitrogens with zero attached hydrogens (tertiary/aromatic N) is 2. The van der Waals surface area contributed by atoms with E-state index in [0.29, 0.717) is 0 Å². The molecule has 0 N–H and O–H groups in total. The van der Waals surface area contributed by atoms with E-state index >= 15 is 0 Å². The highest BCUT2D eigenvalue weighted by molar-refractivity contribution is 7.10. The lowest BCUT2D eigenvalue weighted by atomic mass is 9.96. The number of hydrogen-bond acceptors (Lipinski definition) is 3. The lowest BCUT2D eigenvalue weighted by molar-refractivity contribution is 0.818. The molecule has 0 fully saturated rings. The van der Waals surface area contributed by atoms with Gasteiger partial charge in [-0.1, -0.05) is 6.07 Å². The summed E-state index contributed by atoms with van der Waals surface area (Å²) in [5.41, 5.74) is 3.57. The maximum atomic E-state index is 4.67. The Morgan fingerprint density at radius 2 is 2.22 bits per heavy atom. The zero-order valence-corrected chi connectivity index (χ0v) is 10.9. The van der Waals surface area contributed by atoms with E-state index in [2.05, 4.69) is 39.6 Å². The SMILES string of the molecule is C(=C1/CCCN=C1c1cccnc1)/c1cccs1. The molecule has 0 amide bonds. The maximum Gasteiger partial charge on any atom is 0.0694 e. The van der Waals surface area contributed by atoms with Gasteiger partial charge >= 0.3 is 0 Å². The number of thiophene rings is 1. The second kappa shape index (κ2) is 5.27. The number of hydrogen-bond donors (Lipinski definition) is 0. The molecule has 2 nitrogen and oxygen atoms in total. The van der Waals surface area contributed by atoms with E-state index in [1.807, 2.05) is 12.3 Å². The van der Waals surface area contributed by atoms with Crippen LogP contribution in [0.2, 0.25) is 0 Å². The van der Waals surface area contributed by atoms with Crippen LogP contribution in [-0.2, 0) is 0 Å². The number of pyridine rings is 1. The van der Waals surface area contributed by atoms with Gasteiger partial charge < -0.3 is 0 Å². The molecule has 18 heavy (non-hydrogen) atoms. The van der Waals surface area contributed by atoms with E-state index in [1.165, 1.54) is 10.5 Å². The average molecular weight is 254 g/mol. The van der Waals surface area contributed by atoms with E-state index in [4.69, 9.17) is 0 Å². The second-order valence-corrected chi connectivity index (χ2v) is 5.24. The van der Waals surface area contributed by atoms with Crippen LogP contribution >= 0.6 is 11.3 Å². The van der Waals surface area contributed by atoms with Crippen LogP contribution in [0.25, 0.3) is 6.08 Å². The summed E-state index contributed by atoms with van der Waals surface area (Å²) in [5, 5.41) is 2.11. The minimum atomic E-state index is 0.923. The third kappa shape index (κ3) is 2.41. The molecule has 2 aromatic rings. The zero-order valence-electron chi connectivity index (χ0n) is 10.0.